The second kappa shape index (κ2) is 26.3. The van der Waals surface area contributed by atoms with E-state index in [1.165, 1.54) is 0 Å². The van der Waals surface area contributed by atoms with Gasteiger partial charge in [-0.1, -0.05) is 65.9 Å². The molecule has 1 aromatic heterocycles. The molecule has 65 heavy (non-hydrogen) atoms. The standard InChI is InChI=1S/C46H62N8O11/c1-45(2,3)64-43(58)50-37(40(55)47-23-25-60-27-29-62-30-28-61-26-24-54-32-39(52-53-54)34-13-9-7-10-14-34)21-22-48-42(57)63-36-19-17-33(18-20-36)31-38(51-44(59)65-46(4,5)6)41(56)49-35-15-11-8-12-16-35/h7-20,32,37-38H,21-31H2,1-6H3,(H,47,55)(H,48,57)(H,49,56)(H,50,58)(H,51,59)/t37-,38-/m0/s1. The molecule has 0 aliphatic heterocycles. The van der Waals surface area contributed by atoms with Crippen molar-refractivity contribution in [3.63, 3.8) is 0 Å². The molecule has 352 valence electrons. The summed E-state index contributed by atoms with van der Waals surface area (Å²) in [4.78, 5) is 64.2. The van der Waals surface area contributed by atoms with Crippen molar-refractivity contribution in [1.29, 1.82) is 0 Å². The molecule has 0 spiro atoms. The summed E-state index contributed by atoms with van der Waals surface area (Å²) in [5.41, 5.74) is 1.45. The molecule has 0 aliphatic rings. The summed E-state index contributed by atoms with van der Waals surface area (Å²) in [6.45, 7) is 13.0. The Labute approximate surface area is 379 Å². The minimum Gasteiger partial charge on any atom is -0.444 e. The van der Waals surface area contributed by atoms with Crippen molar-refractivity contribution >= 4 is 35.8 Å². The number of rotatable bonds is 24. The summed E-state index contributed by atoms with van der Waals surface area (Å²) in [6.07, 6.45) is -0.343. The first-order valence-electron chi connectivity index (χ1n) is 21.4. The third kappa shape index (κ3) is 21.1. The Morgan fingerprint density at radius 1 is 0.615 bits per heavy atom. The maximum atomic E-state index is 13.2. The van der Waals surface area contributed by atoms with Crippen molar-refractivity contribution in [2.45, 2.75) is 84.2 Å². The molecule has 0 unspecified atom stereocenters. The van der Waals surface area contributed by atoms with Crippen LogP contribution in [0.25, 0.3) is 11.3 Å². The molecule has 0 fully saturated rings. The van der Waals surface area contributed by atoms with Crippen molar-refractivity contribution in [2.24, 2.45) is 0 Å². The lowest BCUT2D eigenvalue weighted by atomic mass is 10.0. The van der Waals surface area contributed by atoms with Crippen LogP contribution in [0.4, 0.5) is 20.1 Å². The number of hydrogen-bond donors (Lipinski definition) is 5. The number of nitrogens with zero attached hydrogens (tertiary/aromatic N) is 3. The number of carbonyl (C=O) groups is 5. The van der Waals surface area contributed by atoms with Gasteiger partial charge in [-0.3, -0.25) is 9.59 Å². The van der Waals surface area contributed by atoms with Crippen molar-refractivity contribution < 1.29 is 52.4 Å². The lowest BCUT2D eigenvalue weighted by Crippen LogP contribution is -2.50. The first-order valence-corrected chi connectivity index (χ1v) is 21.4. The quantitative estimate of drug-likeness (QED) is 0.0566. The third-order valence-corrected chi connectivity index (χ3v) is 8.69. The van der Waals surface area contributed by atoms with Crippen LogP contribution in [-0.4, -0.2) is 121 Å². The van der Waals surface area contributed by atoms with Crippen LogP contribution in [-0.2, 0) is 46.2 Å². The topological polar surface area (TPSA) is 232 Å². The SMILES string of the molecule is CC(C)(C)OC(=O)N[C@@H](CCNC(=O)Oc1ccc(C[C@H](NC(=O)OC(C)(C)C)C(=O)Nc2ccccc2)cc1)C(=O)NCCOCCOCCOCCn1cc(-c2ccccc2)nn1. The van der Waals surface area contributed by atoms with Crippen LogP contribution in [0.1, 0.15) is 53.5 Å². The predicted octanol–water partition coefficient (Wildman–Crippen LogP) is 5.26. The number of anilines is 1. The van der Waals surface area contributed by atoms with E-state index in [4.69, 9.17) is 28.4 Å². The third-order valence-electron chi connectivity index (χ3n) is 8.69. The Kier molecular flexibility index (Phi) is 20.6. The average Bonchev–Trinajstić information content (AvgIpc) is 3.72. The number of para-hydroxylation sites is 1. The minimum absolute atomic E-state index is 0.0144. The van der Waals surface area contributed by atoms with Crippen molar-refractivity contribution in [1.82, 2.24) is 36.3 Å². The summed E-state index contributed by atoms with van der Waals surface area (Å²) >= 11 is 0. The molecule has 2 atom stereocenters. The van der Waals surface area contributed by atoms with Gasteiger partial charge in [-0.05, 0) is 77.8 Å². The Bertz CT molecular complexity index is 2070. The van der Waals surface area contributed by atoms with Crippen LogP contribution in [0, 0.1) is 0 Å². The minimum atomic E-state index is -1.05. The van der Waals surface area contributed by atoms with Crippen LogP contribution in [0.2, 0.25) is 0 Å². The maximum absolute atomic E-state index is 13.2. The normalized spacial score (nSPS) is 12.3. The highest BCUT2D eigenvalue weighted by molar-refractivity contribution is 5.96. The van der Waals surface area contributed by atoms with E-state index < -0.39 is 53.4 Å². The van der Waals surface area contributed by atoms with Crippen LogP contribution < -0.4 is 31.3 Å². The zero-order valence-corrected chi connectivity index (χ0v) is 37.9. The number of benzene rings is 3. The van der Waals surface area contributed by atoms with Gasteiger partial charge in [-0.15, -0.1) is 5.10 Å². The van der Waals surface area contributed by atoms with Gasteiger partial charge in [0.05, 0.1) is 52.4 Å². The Morgan fingerprint density at radius 3 is 1.80 bits per heavy atom. The number of hydrogen-bond acceptors (Lipinski definition) is 13. The lowest BCUT2D eigenvalue weighted by molar-refractivity contribution is -0.123. The van der Waals surface area contributed by atoms with Crippen LogP contribution in [0.5, 0.6) is 5.75 Å². The molecule has 0 radical (unpaired) electrons. The van der Waals surface area contributed by atoms with Gasteiger partial charge in [-0.25, -0.2) is 19.1 Å². The summed E-state index contributed by atoms with van der Waals surface area (Å²) < 4.78 is 34.6. The number of ether oxygens (including phenoxy) is 6. The maximum Gasteiger partial charge on any atom is 0.412 e. The van der Waals surface area contributed by atoms with E-state index in [0.717, 1.165) is 11.3 Å². The van der Waals surface area contributed by atoms with E-state index in [2.05, 4.69) is 36.9 Å². The van der Waals surface area contributed by atoms with E-state index in [0.29, 0.717) is 50.8 Å². The summed E-state index contributed by atoms with van der Waals surface area (Å²) in [5.74, 6) is -0.746. The second-order valence-electron chi connectivity index (χ2n) is 16.6. The first-order chi connectivity index (χ1) is 31.0. The van der Waals surface area contributed by atoms with Crippen molar-refractivity contribution in [3.8, 4) is 17.0 Å². The zero-order valence-electron chi connectivity index (χ0n) is 37.9. The van der Waals surface area contributed by atoms with Gasteiger partial charge in [0.15, 0.2) is 0 Å². The van der Waals surface area contributed by atoms with Gasteiger partial charge in [0.2, 0.25) is 11.8 Å². The van der Waals surface area contributed by atoms with Crippen LogP contribution in [0.15, 0.2) is 91.1 Å². The van der Waals surface area contributed by atoms with Gasteiger partial charge in [0.25, 0.3) is 0 Å². The van der Waals surface area contributed by atoms with E-state index in [9.17, 15) is 24.0 Å². The van der Waals surface area contributed by atoms with Gasteiger partial charge < -0.3 is 55.0 Å². The Hall–Kier alpha value is -6.57. The number of alkyl carbamates (subject to hydrolysis) is 2. The monoisotopic (exact) mass is 902 g/mol. The Morgan fingerprint density at radius 2 is 1.18 bits per heavy atom. The lowest BCUT2D eigenvalue weighted by Gasteiger charge is -2.23. The van der Waals surface area contributed by atoms with Gasteiger partial charge in [-0.2, -0.15) is 0 Å². The largest absolute Gasteiger partial charge is 0.444 e. The summed E-state index contributed by atoms with van der Waals surface area (Å²) in [5, 5.41) is 21.6. The second-order valence-corrected chi connectivity index (χ2v) is 16.6. The van der Waals surface area contributed by atoms with Crippen LogP contribution >= 0.6 is 0 Å². The van der Waals surface area contributed by atoms with E-state index >= 15 is 0 Å². The predicted molar refractivity (Wildman–Crippen MR) is 241 cm³/mol. The molecule has 3 aromatic carbocycles. The van der Waals surface area contributed by atoms with Crippen LogP contribution in [0.3, 0.4) is 0 Å². The molecule has 0 bridgehead atoms. The van der Waals surface area contributed by atoms with Crippen molar-refractivity contribution in [2.75, 3.05) is 58.0 Å². The van der Waals surface area contributed by atoms with Gasteiger partial charge in [0.1, 0.15) is 34.7 Å². The first kappa shape index (κ1) is 51.1. The molecule has 19 nitrogen and oxygen atoms in total. The van der Waals surface area contributed by atoms with Crippen molar-refractivity contribution in [3.05, 3.63) is 96.7 Å². The fourth-order valence-electron chi connectivity index (χ4n) is 5.74. The Balaban J connectivity index is 1.14. The molecule has 1 heterocycles. The molecular weight excluding hydrogens is 841 g/mol. The molecular formula is C46H62N8O11. The van der Waals surface area contributed by atoms with Gasteiger partial charge >= 0.3 is 18.3 Å². The number of carbonyl (C=O) groups excluding carboxylic acids is 5. The van der Waals surface area contributed by atoms with Gasteiger partial charge in [0, 0.05) is 30.8 Å². The zero-order chi connectivity index (χ0) is 47.1. The van der Waals surface area contributed by atoms with E-state index in [-0.39, 0.29) is 38.3 Å². The fourth-order valence-corrected chi connectivity index (χ4v) is 5.74. The molecule has 19 heteroatoms. The molecule has 4 aromatic rings. The number of amides is 5. The highest BCUT2D eigenvalue weighted by Gasteiger charge is 2.26. The molecule has 0 aliphatic carbocycles. The summed E-state index contributed by atoms with van der Waals surface area (Å²) in [7, 11) is 0. The highest BCUT2D eigenvalue weighted by atomic mass is 16.6. The van der Waals surface area contributed by atoms with E-state index in [1.807, 2.05) is 42.6 Å². The average molecular weight is 903 g/mol. The fraction of sp³-hybridized carbons (Fsp3) is 0.457. The molecule has 5 N–H and O–H groups in total. The number of nitrogens with one attached hydrogen (secondary N) is 5. The highest BCUT2D eigenvalue weighted by Crippen LogP contribution is 2.17. The summed E-state index contributed by atoms with van der Waals surface area (Å²) in [6, 6.07) is 23.0. The molecule has 5 amide bonds. The molecule has 0 saturated carbocycles. The molecule has 0 saturated heterocycles. The smallest absolute Gasteiger partial charge is 0.412 e. The number of aromatic nitrogens is 3. The van der Waals surface area contributed by atoms with E-state index in [1.54, 1.807) is 94.8 Å². The molecule has 4 rings (SSSR count).